The Morgan fingerprint density at radius 3 is 2.87 bits per heavy atom. The highest BCUT2D eigenvalue weighted by Crippen LogP contribution is 2.35. The van der Waals surface area contributed by atoms with E-state index in [1.165, 1.54) is 6.92 Å². The molecule has 0 saturated heterocycles. The smallest absolute Gasteiger partial charge is 0.163 e. The summed E-state index contributed by atoms with van der Waals surface area (Å²) in [6.45, 7) is 2.49. The lowest BCUT2D eigenvalue weighted by atomic mass is 9.97. The molecule has 0 atom stereocenters. The summed E-state index contributed by atoms with van der Waals surface area (Å²) in [7, 11) is 2.00. The van der Waals surface area contributed by atoms with Gasteiger partial charge in [0.05, 0.1) is 5.56 Å². The number of phenols is 1. The maximum atomic E-state index is 11.3. The van der Waals surface area contributed by atoms with E-state index in [-0.39, 0.29) is 11.5 Å². The predicted octanol–water partition coefficient (Wildman–Crippen LogP) is 1.98. The molecule has 0 fully saturated rings. The van der Waals surface area contributed by atoms with Gasteiger partial charge in [0.1, 0.15) is 5.75 Å². The van der Waals surface area contributed by atoms with Crippen LogP contribution in [0, 0.1) is 0 Å². The number of Topliss-reactive ketones (excluding diaryl/α,β-unsaturated/α-hetero) is 1. The fourth-order valence-electron chi connectivity index (χ4n) is 2.13. The minimum absolute atomic E-state index is 0.0801. The average molecular weight is 205 g/mol. The number of carbonyl (C=O) groups excluding carboxylic acids is 1. The van der Waals surface area contributed by atoms with Gasteiger partial charge in [-0.2, -0.15) is 0 Å². The molecule has 1 aliphatic heterocycles. The van der Waals surface area contributed by atoms with Crippen molar-refractivity contribution in [1.82, 2.24) is 0 Å². The molecule has 80 valence electrons. The largest absolute Gasteiger partial charge is 0.507 e. The number of rotatable bonds is 1. The zero-order valence-electron chi connectivity index (χ0n) is 9.08. The number of hydrogen-bond acceptors (Lipinski definition) is 3. The van der Waals surface area contributed by atoms with E-state index in [9.17, 15) is 9.90 Å². The average Bonchev–Trinajstić information content (AvgIpc) is 2.19. The number of ketones is 1. The van der Waals surface area contributed by atoms with Gasteiger partial charge < -0.3 is 10.0 Å². The number of phenolic OH excluding ortho intramolecular Hbond substituents is 1. The molecular formula is C12H15NO2. The zero-order chi connectivity index (χ0) is 11.0. The quantitative estimate of drug-likeness (QED) is 0.713. The van der Waals surface area contributed by atoms with Gasteiger partial charge in [0.25, 0.3) is 0 Å². The molecule has 1 N–H and O–H groups in total. The molecule has 0 radical (unpaired) electrons. The van der Waals surface area contributed by atoms with E-state index < -0.39 is 0 Å². The first-order valence-corrected chi connectivity index (χ1v) is 5.18. The maximum absolute atomic E-state index is 11.3. The van der Waals surface area contributed by atoms with Crippen LogP contribution in [-0.4, -0.2) is 24.5 Å². The standard InChI is InChI=1S/C12H15NO2/c1-8(14)9-5-6-11-10(12(9)15)4-3-7-13(11)2/h5-6,15H,3-4,7H2,1-2H3. The monoisotopic (exact) mass is 205 g/mol. The highest BCUT2D eigenvalue weighted by atomic mass is 16.3. The molecule has 1 aromatic rings. The minimum atomic E-state index is -0.0801. The first-order chi connectivity index (χ1) is 7.11. The molecule has 0 amide bonds. The Bertz CT molecular complexity index is 412. The Labute approximate surface area is 89.3 Å². The normalized spacial score (nSPS) is 14.9. The first kappa shape index (κ1) is 10.0. The van der Waals surface area contributed by atoms with Crippen molar-refractivity contribution in [2.75, 3.05) is 18.5 Å². The minimum Gasteiger partial charge on any atom is -0.507 e. The summed E-state index contributed by atoms with van der Waals surface area (Å²) < 4.78 is 0. The van der Waals surface area contributed by atoms with Crippen molar-refractivity contribution in [3.8, 4) is 5.75 Å². The van der Waals surface area contributed by atoms with Gasteiger partial charge in [-0.1, -0.05) is 0 Å². The van der Waals surface area contributed by atoms with Crippen molar-refractivity contribution in [2.24, 2.45) is 0 Å². The van der Waals surface area contributed by atoms with Gasteiger partial charge in [0.2, 0.25) is 0 Å². The fourth-order valence-corrected chi connectivity index (χ4v) is 2.13. The van der Waals surface area contributed by atoms with Crippen LogP contribution >= 0.6 is 0 Å². The molecule has 0 bridgehead atoms. The van der Waals surface area contributed by atoms with Crippen LogP contribution in [0.25, 0.3) is 0 Å². The van der Waals surface area contributed by atoms with Crippen molar-refractivity contribution >= 4 is 11.5 Å². The van der Waals surface area contributed by atoms with Gasteiger partial charge in [0.15, 0.2) is 5.78 Å². The summed E-state index contributed by atoms with van der Waals surface area (Å²) in [5, 5.41) is 9.98. The van der Waals surface area contributed by atoms with Gasteiger partial charge >= 0.3 is 0 Å². The van der Waals surface area contributed by atoms with Crippen molar-refractivity contribution in [1.29, 1.82) is 0 Å². The lowest BCUT2D eigenvalue weighted by Gasteiger charge is -2.28. The van der Waals surface area contributed by atoms with Crippen LogP contribution in [0.1, 0.15) is 29.3 Å². The van der Waals surface area contributed by atoms with E-state index in [4.69, 9.17) is 0 Å². The number of hydrogen-bond donors (Lipinski definition) is 1. The first-order valence-electron chi connectivity index (χ1n) is 5.18. The molecule has 0 saturated carbocycles. The Hall–Kier alpha value is -1.51. The van der Waals surface area contributed by atoms with Gasteiger partial charge in [-0.15, -0.1) is 0 Å². The number of fused-ring (bicyclic) bond motifs is 1. The van der Waals surface area contributed by atoms with E-state index in [1.807, 2.05) is 13.1 Å². The highest BCUT2D eigenvalue weighted by Gasteiger charge is 2.20. The number of aromatic hydroxyl groups is 1. The second kappa shape index (κ2) is 3.57. The summed E-state index contributed by atoms with van der Waals surface area (Å²) in [5.74, 6) is 0.0927. The SMILES string of the molecule is CC(=O)c1ccc2c(c1O)CCCN2C. The topological polar surface area (TPSA) is 40.5 Å². The molecule has 0 aromatic heterocycles. The van der Waals surface area contributed by atoms with Gasteiger partial charge in [-0.3, -0.25) is 4.79 Å². The van der Waals surface area contributed by atoms with Crippen molar-refractivity contribution < 1.29 is 9.90 Å². The van der Waals surface area contributed by atoms with Crippen LogP contribution in [0.5, 0.6) is 5.75 Å². The van der Waals surface area contributed by atoms with Crippen LogP contribution in [0.15, 0.2) is 12.1 Å². The summed E-state index contributed by atoms with van der Waals surface area (Å²) in [4.78, 5) is 13.4. The van der Waals surface area contributed by atoms with Crippen LogP contribution < -0.4 is 4.90 Å². The van der Waals surface area contributed by atoms with Crippen LogP contribution in [0.2, 0.25) is 0 Å². The second-order valence-electron chi connectivity index (χ2n) is 4.04. The van der Waals surface area contributed by atoms with Gasteiger partial charge in [-0.05, 0) is 31.9 Å². The molecule has 0 unspecified atom stereocenters. The number of nitrogens with zero attached hydrogens (tertiary/aromatic N) is 1. The lowest BCUT2D eigenvalue weighted by molar-refractivity contribution is 0.101. The molecule has 15 heavy (non-hydrogen) atoms. The van der Waals surface area contributed by atoms with E-state index in [0.717, 1.165) is 30.6 Å². The molecule has 3 heteroatoms. The Kier molecular flexibility index (Phi) is 2.39. The second-order valence-corrected chi connectivity index (χ2v) is 4.04. The zero-order valence-corrected chi connectivity index (χ0v) is 9.08. The van der Waals surface area contributed by atoms with E-state index in [0.29, 0.717) is 5.56 Å². The lowest BCUT2D eigenvalue weighted by Crippen LogP contribution is -2.24. The van der Waals surface area contributed by atoms with Crippen LogP contribution in [0.4, 0.5) is 5.69 Å². The third-order valence-corrected chi connectivity index (χ3v) is 2.97. The van der Waals surface area contributed by atoms with E-state index in [1.54, 1.807) is 6.07 Å². The molecule has 0 spiro atoms. The Balaban J connectivity index is 2.57. The molecule has 3 nitrogen and oxygen atoms in total. The van der Waals surface area contributed by atoms with Crippen molar-refractivity contribution in [2.45, 2.75) is 19.8 Å². The van der Waals surface area contributed by atoms with E-state index in [2.05, 4.69) is 4.90 Å². The molecule has 1 heterocycles. The maximum Gasteiger partial charge on any atom is 0.163 e. The van der Waals surface area contributed by atoms with Crippen molar-refractivity contribution in [3.05, 3.63) is 23.3 Å². The molecule has 2 rings (SSSR count). The molecule has 0 aliphatic carbocycles. The fraction of sp³-hybridized carbons (Fsp3) is 0.417. The summed E-state index contributed by atoms with van der Waals surface area (Å²) in [6, 6.07) is 3.63. The number of carbonyl (C=O) groups is 1. The predicted molar refractivity (Wildman–Crippen MR) is 59.7 cm³/mol. The van der Waals surface area contributed by atoms with Gasteiger partial charge in [0, 0.05) is 24.8 Å². The van der Waals surface area contributed by atoms with Crippen molar-refractivity contribution in [3.63, 3.8) is 0 Å². The summed E-state index contributed by atoms with van der Waals surface area (Å²) >= 11 is 0. The summed E-state index contributed by atoms with van der Waals surface area (Å²) in [6.07, 6.45) is 1.88. The Morgan fingerprint density at radius 2 is 2.20 bits per heavy atom. The molecular weight excluding hydrogens is 190 g/mol. The molecule has 1 aliphatic rings. The summed E-state index contributed by atoms with van der Waals surface area (Å²) in [5.41, 5.74) is 2.39. The Morgan fingerprint density at radius 1 is 1.47 bits per heavy atom. The third-order valence-electron chi connectivity index (χ3n) is 2.97. The molecule has 1 aromatic carbocycles. The third kappa shape index (κ3) is 1.58. The highest BCUT2D eigenvalue weighted by molar-refractivity contribution is 5.98. The van der Waals surface area contributed by atoms with Crippen LogP contribution in [-0.2, 0) is 6.42 Å². The number of anilines is 1. The van der Waals surface area contributed by atoms with Crippen LogP contribution in [0.3, 0.4) is 0 Å². The van der Waals surface area contributed by atoms with Gasteiger partial charge in [-0.25, -0.2) is 0 Å². The van der Waals surface area contributed by atoms with E-state index >= 15 is 0 Å². The number of benzene rings is 1.